The minimum Gasteiger partial charge on any atom is -0.340 e. The maximum atomic E-state index is 13.1. The number of rotatable bonds is 5. The molecule has 1 amide bonds. The molecule has 0 atom stereocenters. The van der Waals surface area contributed by atoms with Crippen molar-refractivity contribution < 1.29 is 4.79 Å². The fourth-order valence-electron chi connectivity index (χ4n) is 3.09. The van der Waals surface area contributed by atoms with Gasteiger partial charge < -0.3 is 5.32 Å². The molecule has 4 nitrogen and oxygen atoms in total. The molecule has 0 saturated carbocycles. The first-order valence-corrected chi connectivity index (χ1v) is 9.80. The van der Waals surface area contributed by atoms with Crippen LogP contribution in [0.3, 0.4) is 0 Å². The summed E-state index contributed by atoms with van der Waals surface area (Å²) in [6.45, 7) is 2.03. The molecule has 0 saturated heterocycles. The third-order valence-electron chi connectivity index (χ3n) is 4.56. The Hall–Kier alpha value is -3.31. The summed E-state index contributed by atoms with van der Waals surface area (Å²) in [6.07, 6.45) is 0. The molecule has 0 bridgehead atoms. The Morgan fingerprint density at radius 1 is 0.857 bits per heavy atom. The highest BCUT2D eigenvalue weighted by Crippen LogP contribution is 2.27. The SMILES string of the molecule is Cc1ccc(-c2nnsc2C(=O)NC(c2ccccc2)c2ccccc2)cc1. The van der Waals surface area contributed by atoms with Gasteiger partial charge in [-0.25, -0.2) is 0 Å². The predicted molar refractivity (Wildman–Crippen MR) is 112 cm³/mol. The van der Waals surface area contributed by atoms with E-state index in [2.05, 4.69) is 14.9 Å². The van der Waals surface area contributed by atoms with Crippen molar-refractivity contribution in [2.75, 3.05) is 0 Å². The maximum absolute atomic E-state index is 13.1. The van der Waals surface area contributed by atoms with Crippen LogP contribution in [0.4, 0.5) is 0 Å². The van der Waals surface area contributed by atoms with Crippen LogP contribution in [0.2, 0.25) is 0 Å². The molecule has 0 aliphatic rings. The van der Waals surface area contributed by atoms with Gasteiger partial charge >= 0.3 is 0 Å². The number of hydrogen-bond acceptors (Lipinski definition) is 4. The average molecular weight is 385 g/mol. The molecule has 1 aromatic heterocycles. The molecule has 0 fully saturated rings. The zero-order chi connectivity index (χ0) is 19.3. The number of aromatic nitrogens is 2. The Labute approximate surface area is 168 Å². The molecule has 0 spiro atoms. The molecule has 138 valence electrons. The van der Waals surface area contributed by atoms with Gasteiger partial charge in [-0.3, -0.25) is 4.79 Å². The van der Waals surface area contributed by atoms with Crippen LogP contribution in [0.15, 0.2) is 84.9 Å². The summed E-state index contributed by atoms with van der Waals surface area (Å²) < 4.78 is 4.03. The largest absolute Gasteiger partial charge is 0.340 e. The summed E-state index contributed by atoms with van der Waals surface area (Å²) in [5.41, 5.74) is 4.71. The van der Waals surface area contributed by atoms with Crippen LogP contribution in [0.25, 0.3) is 11.3 Å². The van der Waals surface area contributed by atoms with E-state index >= 15 is 0 Å². The molecule has 0 radical (unpaired) electrons. The first-order valence-electron chi connectivity index (χ1n) is 9.02. The number of aryl methyl sites for hydroxylation is 1. The summed E-state index contributed by atoms with van der Waals surface area (Å²) in [4.78, 5) is 13.7. The van der Waals surface area contributed by atoms with Crippen molar-refractivity contribution in [3.8, 4) is 11.3 Å². The van der Waals surface area contributed by atoms with Gasteiger partial charge in [0, 0.05) is 5.56 Å². The van der Waals surface area contributed by atoms with E-state index in [9.17, 15) is 4.79 Å². The van der Waals surface area contributed by atoms with Crippen LogP contribution in [0.5, 0.6) is 0 Å². The summed E-state index contributed by atoms with van der Waals surface area (Å²) in [5.74, 6) is -0.178. The molecule has 0 unspecified atom stereocenters. The lowest BCUT2D eigenvalue weighted by Gasteiger charge is -2.19. The number of nitrogens with zero attached hydrogens (tertiary/aromatic N) is 2. The lowest BCUT2D eigenvalue weighted by molar-refractivity contribution is 0.0947. The van der Waals surface area contributed by atoms with E-state index in [1.54, 1.807) is 0 Å². The quantitative estimate of drug-likeness (QED) is 0.524. The Morgan fingerprint density at radius 2 is 1.43 bits per heavy atom. The molecule has 3 aromatic carbocycles. The second kappa shape index (κ2) is 8.15. The monoisotopic (exact) mass is 385 g/mol. The van der Waals surface area contributed by atoms with Crippen LogP contribution in [-0.4, -0.2) is 15.5 Å². The molecule has 0 aliphatic carbocycles. The van der Waals surface area contributed by atoms with Crippen LogP contribution in [-0.2, 0) is 0 Å². The van der Waals surface area contributed by atoms with E-state index in [1.807, 2.05) is 91.9 Å². The third-order valence-corrected chi connectivity index (χ3v) is 5.29. The van der Waals surface area contributed by atoms with Gasteiger partial charge in [0.05, 0.1) is 6.04 Å². The number of carbonyl (C=O) groups excluding carboxylic acids is 1. The summed E-state index contributed by atoms with van der Waals surface area (Å²) in [6, 6.07) is 27.6. The van der Waals surface area contributed by atoms with Crippen LogP contribution in [0.1, 0.15) is 32.4 Å². The van der Waals surface area contributed by atoms with Crippen molar-refractivity contribution in [3.05, 3.63) is 106 Å². The molecule has 1 N–H and O–H groups in total. The third kappa shape index (κ3) is 3.85. The molecular weight excluding hydrogens is 366 g/mol. The van der Waals surface area contributed by atoms with Gasteiger partial charge in [-0.05, 0) is 29.6 Å². The minimum absolute atomic E-state index is 0.178. The minimum atomic E-state index is -0.247. The Balaban J connectivity index is 1.66. The lowest BCUT2D eigenvalue weighted by atomic mass is 9.98. The van der Waals surface area contributed by atoms with Crippen molar-refractivity contribution in [1.82, 2.24) is 14.9 Å². The second-order valence-corrected chi connectivity index (χ2v) is 7.30. The first kappa shape index (κ1) is 18.1. The van der Waals surface area contributed by atoms with E-state index in [4.69, 9.17) is 0 Å². The standard InChI is InChI=1S/C23H19N3OS/c1-16-12-14-19(15-13-16)21-22(28-26-25-21)23(27)24-20(17-8-4-2-5-9-17)18-10-6-3-7-11-18/h2-15,20H,1H3,(H,24,27). The van der Waals surface area contributed by atoms with Gasteiger partial charge in [-0.1, -0.05) is 95.0 Å². The number of benzene rings is 3. The van der Waals surface area contributed by atoms with E-state index in [1.165, 1.54) is 0 Å². The molecule has 0 aliphatic heterocycles. The topological polar surface area (TPSA) is 54.9 Å². The van der Waals surface area contributed by atoms with E-state index < -0.39 is 0 Å². The van der Waals surface area contributed by atoms with Crippen molar-refractivity contribution in [3.63, 3.8) is 0 Å². The van der Waals surface area contributed by atoms with Crippen LogP contribution >= 0.6 is 11.5 Å². The van der Waals surface area contributed by atoms with E-state index in [0.29, 0.717) is 10.6 Å². The van der Waals surface area contributed by atoms with Gasteiger partial charge in [0.1, 0.15) is 10.6 Å². The van der Waals surface area contributed by atoms with Crippen molar-refractivity contribution in [2.24, 2.45) is 0 Å². The number of nitrogens with one attached hydrogen (secondary N) is 1. The Bertz CT molecular complexity index is 1020. The summed E-state index contributed by atoms with van der Waals surface area (Å²) >= 11 is 1.12. The number of hydrogen-bond donors (Lipinski definition) is 1. The van der Waals surface area contributed by atoms with Crippen molar-refractivity contribution in [2.45, 2.75) is 13.0 Å². The van der Waals surface area contributed by atoms with Gasteiger partial charge in [0.2, 0.25) is 0 Å². The highest BCUT2D eigenvalue weighted by molar-refractivity contribution is 7.08. The van der Waals surface area contributed by atoms with Gasteiger partial charge in [0.15, 0.2) is 0 Å². The molecule has 1 heterocycles. The smallest absolute Gasteiger partial charge is 0.266 e. The number of amides is 1. The van der Waals surface area contributed by atoms with E-state index in [-0.39, 0.29) is 11.9 Å². The highest BCUT2D eigenvalue weighted by atomic mass is 32.1. The van der Waals surface area contributed by atoms with Gasteiger partial charge in [0.25, 0.3) is 5.91 Å². The lowest BCUT2D eigenvalue weighted by Crippen LogP contribution is -2.29. The van der Waals surface area contributed by atoms with E-state index in [0.717, 1.165) is 33.8 Å². The molecule has 4 rings (SSSR count). The van der Waals surface area contributed by atoms with Gasteiger partial charge in [-0.2, -0.15) is 0 Å². The number of carbonyl (C=O) groups is 1. The fraction of sp³-hybridized carbons (Fsp3) is 0.0870. The molecule has 4 aromatic rings. The summed E-state index contributed by atoms with van der Waals surface area (Å²) in [7, 11) is 0. The normalized spacial score (nSPS) is 10.8. The molecular formula is C23H19N3OS. The second-order valence-electron chi connectivity index (χ2n) is 6.54. The van der Waals surface area contributed by atoms with Gasteiger partial charge in [-0.15, -0.1) is 5.10 Å². The van der Waals surface area contributed by atoms with Crippen molar-refractivity contribution >= 4 is 17.4 Å². The zero-order valence-electron chi connectivity index (χ0n) is 15.4. The Kier molecular flexibility index (Phi) is 5.26. The zero-order valence-corrected chi connectivity index (χ0v) is 16.2. The predicted octanol–water partition coefficient (Wildman–Crippen LogP) is 5.03. The Morgan fingerprint density at radius 3 is 2.00 bits per heavy atom. The average Bonchev–Trinajstić information content (AvgIpc) is 3.24. The fourth-order valence-corrected chi connectivity index (χ4v) is 3.68. The summed E-state index contributed by atoms with van der Waals surface area (Å²) in [5, 5.41) is 7.36. The highest BCUT2D eigenvalue weighted by Gasteiger charge is 2.22. The van der Waals surface area contributed by atoms with Crippen LogP contribution < -0.4 is 5.32 Å². The maximum Gasteiger partial charge on any atom is 0.266 e. The first-order chi connectivity index (χ1) is 13.7. The molecule has 5 heteroatoms. The van der Waals surface area contributed by atoms with Crippen LogP contribution in [0, 0.1) is 6.92 Å². The molecule has 28 heavy (non-hydrogen) atoms. The van der Waals surface area contributed by atoms with Crippen molar-refractivity contribution in [1.29, 1.82) is 0 Å².